The molecule has 0 bridgehead atoms. The standard InChI is InChI=1S/C14H15NO/c1-2-6-13(7-3-1)12-15-10-4-8-14-9-5-11-16-14/h1-9,11,15H,10,12H2/b8-4+/i11D. The monoisotopic (exact) mass is 214 g/mol. The van der Waals surface area contributed by atoms with Crippen LogP contribution in [0.3, 0.4) is 0 Å². The second kappa shape index (κ2) is 5.93. The summed E-state index contributed by atoms with van der Waals surface area (Å²) in [6, 6.07) is 13.7. The van der Waals surface area contributed by atoms with Gasteiger partial charge in [-0.15, -0.1) is 0 Å². The first-order valence-corrected chi connectivity index (χ1v) is 5.32. The molecule has 0 saturated carbocycles. The molecule has 2 rings (SSSR count). The van der Waals surface area contributed by atoms with Crippen LogP contribution in [0.5, 0.6) is 0 Å². The van der Waals surface area contributed by atoms with Crippen molar-refractivity contribution in [3.05, 3.63) is 66.1 Å². The minimum atomic E-state index is 0.196. The van der Waals surface area contributed by atoms with E-state index in [1.54, 1.807) is 12.1 Å². The molecule has 1 N–H and O–H groups in total. The summed E-state index contributed by atoms with van der Waals surface area (Å²) in [6.45, 7) is 1.63. The summed E-state index contributed by atoms with van der Waals surface area (Å²) in [5.41, 5.74) is 1.27. The van der Waals surface area contributed by atoms with Gasteiger partial charge in [-0.3, -0.25) is 0 Å². The Morgan fingerprint density at radius 3 is 2.81 bits per heavy atom. The number of hydrogen-bond donors (Lipinski definition) is 1. The van der Waals surface area contributed by atoms with Gasteiger partial charge in [0.15, 0.2) is 0 Å². The molecule has 0 amide bonds. The molecule has 0 aliphatic heterocycles. The van der Waals surface area contributed by atoms with Gasteiger partial charge in [-0.1, -0.05) is 36.4 Å². The summed E-state index contributed by atoms with van der Waals surface area (Å²) in [4.78, 5) is 0. The fourth-order valence-electron chi connectivity index (χ4n) is 1.41. The van der Waals surface area contributed by atoms with Gasteiger partial charge in [-0.25, -0.2) is 0 Å². The van der Waals surface area contributed by atoms with E-state index in [1.165, 1.54) is 5.56 Å². The Morgan fingerprint density at radius 1 is 1.19 bits per heavy atom. The van der Waals surface area contributed by atoms with Crippen molar-refractivity contribution in [2.24, 2.45) is 0 Å². The van der Waals surface area contributed by atoms with Crippen LogP contribution in [-0.4, -0.2) is 6.54 Å². The number of nitrogens with one attached hydrogen (secondary N) is 1. The first-order chi connectivity index (χ1) is 8.34. The Bertz CT molecular complexity index is 476. The van der Waals surface area contributed by atoms with Gasteiger partial charge >= 0.3 is 0 Å². The molecule has 0 spiro atoms. The lowest BCUT2D eigenvalue weighted by Crippen LogP contribution is -2.12. The first-order valence-electron chi connectivity index (χ1n) is 5.82. The third-order valence-corrected chi connectivity index (χ3v) is 2.21. The van der Waals surface area contributed by atoms with Crippen LogP contribution in [0.1, 0.15) is 12.7 Å². The van der Waals surface area contributed by atoms with Crippen LogP contribution in [0.4, 0.5) is 0 Å². The van der Waals surface area contributed by atoms with Gasteiger partial charge in [0.25, 0.3) is 0 Å². The number of rotatable bonds is 5. The Balaban J connectivity index is 1.71. The second-order valence-corrected chi connectivity index (χ2v) is 3.47. The van der Waals surface area contributed by atoms with Gasteiger partial charge in [0.05, 0.1) is 6.24 Å². The molecule has 1 heterocycles. The maximum absolute atomic E-state index is 7.23. The van der Waals surface area contributed by atoms with Crippen molar-refractivity contribution in [3.8, 4) is 0 Å². The molecule has 0 unspecified atom stereocenters. The van der Waals surface area contributed by atoms with Gasteiger partial charge in [0, 0.05) is 13.1 Å². The summed E-state index contributed by atoms with van der Waals surface area (Å²) in [7, 11) is 0. The zero-order chi connectivity index (χ0) is 11.9. The van der Waals surface area contributed by atoms with E-state index in [9.17, 15) is 0 Å². The maximum atomic E-state index is 7.23. The highest BCUT2D eigenvalue weighted by atomic mass is 16.3. The Hall–Kier alpha value is -1.80. The molecule has 0 aliphatic carbocycles. The van der Waals surface area contributed by atoms with E-state index in [2.05, 4.69) is 17.4 Å². The lowest BCUT2D eigenvalue weighted by atomic mass is 10.2. The molecule has 16 heavy (non-hydrogen) atoms. The van der Waals surface area contributed by atoms with E-state index in [-0.39, 0.29) is 6.24 Å². The highest BCUT2D eigenvalue weighted by Gasteiger charge is 1.89. The molecule has 1 aromatic carbocycles. The van der Waals surface area contributed by atoms with Gasteiger partial charge in [0.1, 0.15) is 7.13 Å². The predicted octanol–water partition coefficient (Wildman–Crippen LogP) is 3.08. The summed E-state index contributed by atoms with van der Waals surface area (Å²) in [5, 5.41) is 3.30. The van der Waals surface area contributed by atoms with Gasteiger partial charge in [-0.2, -0.15) is 0 Å². The average molecular weight is 214 g/mol. The molecule has 82 valence electrons. The third-order valence-electron chi connectivity index (χ3n) is 2.21. The number of hydrogen-bond acceptors (Lipinski definition) is 2. The van der Waals surface area contributed by atoms with Crippen molar-refractivity contribution < 1.29 is 5.79 Å². The van der Waals surface area contributed by atoms with Crippen LogP contribution >= 0.6 is 0 Å². The molecule has 2 aromatic rings. The predicted molar refractivity (Wildman–Crippen MR) is 65.9 cm³/mol. The fraction of sp³-hybridized carbons (Fsp3) is 0.143. The Kier molecular flexibility index (Phi) is 3.49. The molecule has 0 radical (unpaired) electrons. The van der Waals surface area contributed by atoms with Crippen molar-refractivity contribution in [2.45, 2.75) is 6.54 Å². The molecule has 0 atom stereocenters. The minimum absolute atomic E-state index is 0.196. The Morgan fingerprint density at radius 2 is 2.06 bits per heavy atom. The quantitative estimate of drug-likeness (QED) is 0.774. The minimum Gasteiger partial charge on any atom is -0.465 e. The molecular weight excluding hydrogens is 198 g/mol. The largest absolute Gasteiger partial charge is 0.465 e. The van der Waals surface area contributed by atoms with Gasteiger partial charge in [-0.05, 0) is 23.8 Å². The van der Waals surface area contributed by atoms with E-state index in [0.717, 1.165) is 18.8 Å². The van der Waals surface area contributed by atoms with E-state index in [4.69, 9.17) is 5.79 Å². The van der Waals surface area contributed by atoms with Gasteiger partial charge in [0.2, 0.25) is 0 Å². The van der Waals surface area contributed by atoms with Crippen molar-refractivity contribution in [1.29, 1.82) is 0 Å². The van der Waals surface area contributed by atoms with Crippen molar-refractivity contribution in [1.82, 2.24) is 5.32 Å². The second-order valence-electron chi connectivity index (χ2n) is 3.47. The molecule has 1 aromatic heterocycles. The van der Waals surface area contributed by atoms with E-state index < -0.39 is 0 Å². The van der Waals surface area contributed by atoms with E-state index in [0.29, 0.717) is 0 Å². The van der Waals surface area contributed by atoms with Crippen molar-refractivity contribution in [2.75, 3.05) is 6.54 Å². The number of furan rings is 1. The lowest BCUT2D eigenvalue weighted by molar-refractivity contribution is 0.556. The van der Waals surface area contributed by atoms with E-state index in [1.807, 2.05) is 30.4 Å². The summed E-state index contributed by atoms with van der Waals surface area (Å²) in [5.74, 6) is 0.719. The van der Waals surface area contributed by atoms with Crippen LogP contribution in [0.25, 0.3) is 6.08 Å². The fourth-order valence-corrected chi connectivity index (χ4v) is 1.41. The lowest BCUT2D eigenvalue weighted by Gasteiger charge is -2.00. The molecule has 2 heteroatoms. The molecule has 0 saturated heterocycles. The zero-order valence-electron chi connectivity index (χ0n) is 10.0. The third kappa shape index (κ3) is 3.41. The van der Waals surface area contributed by atoms with Crippen LogP contribution < -0.4 is 5.32 Å². The topological polar surface area (TPSA) is 25.2 Å². The normalized spacial score (nSPS) is 11.9. The zero-order valence-corrected chi connectivity index (χ0v) is 9.02. The summed E-state index contributed by atoms with van der Waals surface area (Å²) >= 11 is 0. The first kappa shape index (κ1) is 9.43. The highest BCUT2D eigenvalue weighted by Crippen LogP contribution is 2.01. The van der Waals surface area contributed by atoms with Crippen LogP contribution in [-0.2, 0) is 6.54 Å². The maximum Gasteiger partial charge on any atom is 0.126 e. The van der Waals surface area contributed by atoms with E-state index >= 15 is 0 Å². The van der Waals surface area contributed by atoms with Crippen LogP contribution in [0, 0.1) is 0 Å². The smallest absolute Gasteiger partial charge is 0.126 e. The van der Waals surface area contributed by atoms with Crippen molar-refractivity contribution in [3.63, 3.8) is 0 Å². The highest BCUT2D eigenvalue weighted by molar-refractivity contribution is 5.42. The molecular formula is C14H15NO. The Labute approximate surface area is 97.0 Å². The number of benzene rings is 1. The SMILES string of the molecule is [2H]c1ccc(/C=C/CNCc2ccccc2)o1. The summed E-state index contributed by atoms with van der Waals surface area (Å²) < 4.78 is 12.3. The van der Waals surface area contributed by atoms with Crippen LogP contribution in [0.15, 0.2) is 59.2 Å². The van der Waals surface area contributed by atoms with Crippen LogP contribution in [0.2, 0.25) is 0 Å². The average Bonchev–Trinajstić information content (AvgIpc) is 2.76. The van der Waals surface area contributed by atoms with Gasteiger partial charge < -0.3 is 9.73 Å². The molecule has 0 aliphatic rings. The molecule has 2 nitrogen and oxygen atoms in total. The summed E-state index contributed by atoms with van der Waals surface area (Å²) in [6.07, 6.45) is 4.05. The molecule has 0 fully saturated rings. The van der Waals surface area contributed by atoms with Crippen molar-refractivity contribution >= 4 is 6.08 Å².